The highest BCUT2D eigenvalue weighted by Gasteiger charge is 2.45. The number of nitro groups is 1. The first-order valence-electron chi connectivity index (χ1n) is 8.12. The van der Waals surface area contributed by atoms with Crippen LogP contribution in [-0.4, -0.2) is 59.3 Å². The lowest BCUT2D eigenvalue weighted by molar-refractivity contribution is -0.439. The van der Waals surface area contributed by atoms with Crippen molar-refractivity contribution in [2.45, 2.75) is 26.1 Å². The molecule has 2 aliphatic rings. The molecule has 1 aromatic heterocycles. The van der Waals surface area contributed by atoms with Crippen molar-refractivity contribution in [3.05, 3.63) is 37.2 Å². The summed E-state index contributed by atoms with van der Waals surface area (Å²) in [4.78, 5) is 20.5. The number of methoxy groups -OCH3 is 1. The molecule has 2 aliphatic heterocycles. The molecule has 138 valence electrons. The van der Waals surface area contributed by atoms with E-state index in [-0.39, 0.29) is 22.8 Å². The molecule has 25 heavy (non-hydrogen) atoms. The lowest BCUT2D eigenvalue weighted by atomic mass is 9.98. The van der Waals surface area contributed by atoms with Crippen LogP contribution >= 0.6 is 22.9 Å². The molecule has 0 spiro atoms. The van der Waals surface area contributed by atoms with Gasteiger partial charge in [-0.15, -0.1) is 11.3 Å². The van der Waals surface area contributed by atoms with Crippen molar-refractivity contribution in [1.29, 1.82) is 0 Å². The van der Waals surface area contributed by atoms with E-state index in [9.17, 15) is 10.1 Å². The maximum atomic E-state index is 11.7. The van der Waals surface area contributed by atoms with Gasteiger partial charge in [-0.3, -0.25) is 10.1 Å². The van der Waals surface area contributed by atoms with Crippen LogP contribution in [0.15, 0.2) is 17.7 Å². The Bertz CT molecular complexity index is 668. The molecular formula is C15H21ClN4O4S. The number of hydrogen-bond donors (Lipinski definition) is 0. The minimum Gasteiger partial charge on any atom is -0.382 e. The molecule has 2 atom stereocenters. The van der Waals surface area contributed by atoms with Crippen LogP contribution in [0, 0.1) is 16.0 Å². The molecule has 0 aliphatic carbocycles. The van der Waals surface area contributed by atoms with Crippen molar-refractivity contribution in [3.8, 4) is 0 Å². The Hall–Kier alpha value is -1.42. The zero-order valence-corrected chi connectivity index (χ0v) is 15.8. The lowest BCUT2D eigenvalue weighted by Gasteiger charge is -2.37. The summed E-state index contributed by atoms with van der Waals surface area (Å²) >= 11 is 7.30. The first kappa shape index (κ1) is 18.4. The molecule has 3 rings (SSSR count). The minimum atomic E-state index is -0.254. The summed E-state index contributed by atoms with van der Waals surface area (Å²) in [6.07, 6.45) is 2.16. The van der Waals surface area contributed by atoms with Crippen LogP contribution in [0.25, 0.3) is 0 Å². The average molecular weight is 389 g/mol. The smallest absolute Gasteiger partial charge is 0.289 e. The van der Waals surface area contributed by atoms with Crippen LogP contribution in [-0.2, 0) is 16.0 Å². The van der Waals surface area contributed by atoms with Crippen molar-refractivity contribution < 1.29 is 14.4 Å². The average Bonchev–Trinajstić information content (AvgIpc) is 3.14. The maximum absolute atomic E-state index is 11.7. The topological polar surface area (TPSA) is 81.0 Å². The third-order valence-corrected chi connectivity index (χ3v) is 5.55. The number of ether oxygens (including phenoxy) is 2. The van der Waals surface area contributed by atoms with Crippen LogP contribution in [0.4, 0.5) is 0 Å². The summed E-state index contributed by atoms with van der Waals surface area (Å²) in [6.45, 7) is 4.82. The molecule has 0 aromatic carbocycles. The van der Waals surface area contributed by atoms with Crippen LogP contribution in [0.5, 0.6) is 0 Å². The Morgan fingerprint density at radius 3 is 2.92 bits per heavy atom. The zero-order chi connectivity index (χ0) is 18.0. The molecule has 1 aromatic rings. The SMILES string of the molecule is COCCOC1CC(C)C([N+](=O)[O-])=C2N(Cc3cnc(Cl)s3)CCN21. The summed E-state index contributed by atoms with van der Waals surface area (Å²) < 4.78 is 11.4. The fourth-order valence-electron chi connectivity index (χ4n) is 3.36. The molecule has 1 fully saturated rings. The molecule has 0 radical (unpaired) electrons. The van der Waals surface area contributed by atoms with Gasteiger partial charge in [0.2, 0.25) is 0 Å². The highest BCUT2D eigenvalue weighted by Crippen LogP contribution is 2.38. The molecule has 1 saturated heterocycles. The molecule has 0 amide bonds. The van der Waals surface area contributed by atoms with Crippen LogP contribution < -0.4 is 0 Å². The molecule has 8 nitrogen and oxygen atoms in total. The van der Waals surface area contributed by atoms with E-state index in [1.165, 1.54) is 11.3 Å². The molecule has 3 heterocycles. The van der Waals surface area contributed by atoms with Crippen molar-refractivity contribution in [2.75, 3.05) is 33.4 Å². The summed E-state index contributed by atoms with van der Waals surface area (Å²) in [6, 6.07) is 0. The highest BCUT2D eigenvalue weighted by atomic mass is 35.5. The van der Waals surface area contributed by atoms with E-state index in [0.717, 1.165) is 4.88 Å². The Morgan fingerprint density at radius 2 is 2.28 bits per heavy atom. The molecule has 2 unspecified atom stereocenters. The number of nitrogens with zero attached hydrogens (tertiary/aromatic N) is 4. The van der Waals surface area contributed by atoms with Gasteiger partial charge < -0.3 is 19.3 Å². The van der Waals surface area contributed by atoms with Crippen molar-refractivity contribution in [1.82, 2.24) is 14.8 Å². The van der Waals surface area contributed by atoms with Crippen LogP contribution in [0.1, 0.15) is 18.2 Å². The fourth-order valence-corrected chi connectivity index (χ4v) is 4.35. The molecule has 0 N–H and O–H groups in total. The van der Waals surface area contributed by atoms with E-state index in [1.54, 1.807) is 13.3 Å². The predicted molar refractivity (Wildman–Crippen MR) is 93.7 cm³/mol. The Morgan fingerprint density at radius 1 is 1.48 bits per heavy atom. The largest absolute Gasteiger partial charge is 0.382 e. The van der Waals surface area contributed by atoms with Gasteiger partial charge in [-0.1, -0.05) is 18.5 Å². The molecule has 0 bridgehead atoms. The first-order valence-corrected chi connectivity index (χ1v) is 9.31. The predicted octanol–water partition coefficient (Wildman–Crippen LogP) is 2.39. The Labute approximate surface area is 155 Å². The van der Waals surface area contributed by atoms with E-state index in [4.69, 9.17) is 21.1 Å². The Balaban J connectivity index is 1.85. The standard InChI is InChI=1S/C15H21ClN4O4S/c1-10-7-12(24-6-5-23-2)19-4-3-18(14(19)13(10)20(21)22)9-11-8-17-15(16)25-11/h8,10,12H,3-7,9H2,1-2H3. The van der Waals surface area contributed by atoms with E-state index in [0.29, 0.717) is 49.6 Å². The van der Waals surface area contributed by atoms with Gasteiger partial charge in [-0.2, -0.15) is 0 Å². The molecule has 0 saturated carbocycles. The van der Waals surface area contributed by atoms with Gasteiger partial charge in [-0.25, -0.2) is 4.98 Å². The van der Waals surface area contributed by atoms with Gasteiger partial charge in [0.15, 0.2) is 10.3 Å². The first-order chi connectivity index (χ1) is 12.0. The van der Waals surface area contributed by atoms with E-state index < -0.39 is 0 Å². The normalized spacial score (nSPS) is 23.3. The van der Waals surface area contributed by atoms with E-state index in [1.807, 2.05) is 16.7 Å². The quantitative estimate of drug-likeness (QED) is 0.403. The lowest BCUT2D eigenvalue weighted by Crippen LogP contribution is -2.43. The summed E-state index contributed by atoms with van der Waals surface area (Å²) in [7, 11) is 1.63. The summed E-state index contributed by atoms with van der Waals surface area (Å²) in [5.41, 5.74) is 0.264. The third-order valence-electron chi connectivity index (χ3n) is 4.45. The fraction of sp³-hybridized carbons (Fsp3) is 0.667. The number of halogens is 1. The van der Waals surface area contributed by atoms with Gasteiger partial charge in [0.1, 0.15) is 6.23 Å². The van der Waals surface area contributed by atoms with Crippen molar-refractivity contribution >= 4 is 22.9 Å². The number of fused-ring (bicyclic) bond motifs is 1. The monoisotopic (exact) mass is 388 g/mol. The number of allylic oxidation sites excluding steroid dienone is 1. The van der Waals surface area contributed by atoms with Crippen LogP contribution in [0.2, 0.25) is 4.47 Å². The number of hydrogen-bond acceptors (Lipinski definition) is 8. The summed E-state index contributed by atoms with van der Waals surface area (Å²) in [5.74, 6) is 0.482. The van der Waals surface area contributed by atoms with Gasteiger partial charge >= 0.3 is 0 Å². The van der Waals surface area contributed by atoms with Gasteiger partial charge in [0.25, 0.3) is 5.70 Å². The third kappa shape index (κ3) is 3.89. The molecule has 10 heteroatoms. The zero-order valence-electron chi connectivity index (χ0n) is 14.2. The van der Waals surface area contributed by atoms with E-state index in [2.05, 4.69) is 4.98 Å². The van der Waals surface area contributed by atoms with Gasteiger partial charge in [-0.05, 0) is 0 Å². The molecular weight excluding hydrogens is 368 g/mol. The maximum Gasteiger partial charge on any atom is 0.289 e. The van der Waals surface area contributed by atoms with Gasteiger partial charge in [0.05, 0.1) is 30.6 Å². The van der Waals surface area contributed by atoms with Gasteiger partial charge in [0, 0.05) is 37.7 Å². The number of rotatable bonds is 7. The number of thiazole rings is 1. The highest BCUT2D eigenvalue weighted by molar-refractivity contribution is 7.15. The number of aromatic nitrogens is 1. The second-order valence-electron chi connectivity index (χ2n) is 6.12. The van der Waals surface area contributed by atoms with Crippen LogP contribution in [0.3, 0.4) is 0 Å². The summed E-state index contributed by atoms with van der Waals surface area (Å²) in [5, 5.41) is 11.7. The van der Waals surface area contributed by atoms with Crippen molar-refractivity contribution in [2.24, 2.45) is 5.92 Å². The van der Waals surface area contributed by atoms with E-state index >= 15 is 0 Å². The van der Waals surface area contributed by atoms with Crippen molar-refractivity contribution in [3.63, 3.8) is 0 Å². The second kappa shape index (κ2) is 7.86. The minimum absolute atomic E-state index is 0.168. The second-order valence-corrected chi connectivity index (χ2v) is 7.81. The Kier molecular flexibility index (Phi) is 5.78.